The molecule has 1 saturated carbocycles. The molecule has 120 valence electrons. The molecule has 0 heterocycles. The summed E-state index contributed by atoms with van der Waals surface area (Å²) in [5.41, 5.74) is -0.445. The molecule has 22 heavy (non-hydrogen) atoms. The number of rotatable bonds is 5. The van der Waals surface area contributed by atoms with Crippen molar-refractivity contribution in [2.75, 3.05) is 11.9 Å². The second-order valence-electron chi connectivity index (χ2n) is 5.64. The van der Waals surface area contributed by atoms with Gasteiger partial charge < -0.3 is 15.7 Å². The van der Waals surface area contributed by atoms with E-state index in [1.54, 1.807) is 12.1 Å². The predicted molar refractivity (Wildman–Crippen MR) is 86.1 cm³/mol. The lowest BCUT2D eigenvalue weighted by Gasteiger charge is -2.21. The standard InChI is InChI=1S/C16H21ClN2O3/c1-2-9-18-14(20)12-6-5-11(10-13(12)17)19-15(21)16(22)7-3-4-8-16/h5-6,10,22H,2-4,7-9H2,1H3,(H,18,20)(H,19,21). The highest BCUT2D eigenvalue weighted by Crippen LogP contribution is 2.31. The molecular weight excluding hydrogens is 304 g/mol. The number of halogens is 1. The highest BCUT2D eigenvalue weighted by atomic mass is 35.5. The number of hydrogen-bond acceptors (Lipinski definition) is 3. The van der Waals surface area contributed by atoms with Crippen molar-refractivity contribution in [2.45, 2.75) is 44.6 Å². The van der Waals surface area contributed by atoms with E-state index in [2.05, 4.69) is 10.6 Å². The average Bonchev–Trinajstić information content (AvgIpc) is 2.93. The van der Waals surface area contributed by atoms with E-state index in [-0.39, 0.29) is 10.9 Å². The Morgan fingerprint density at radius 2 is 2.00 bits per heavy atom. The van der Waals surface area contributed by atoms with E-state index < -0.39 is 11.5 Å². The summed E-state index contributed by atoms with van der Waals surface area (Å²) >= 11 is 6.11. The zero-order chi connectivity index (χ0) is 16.2. The Morgan fingerprint density at radius 3 is 2.59 bits per heavy atom. The lowest BCUT2D eigenvalue weighted by atomic mass is 10.0. The Hall–Kier alpha value is -1.59. The fraction of sp³-hybridized carbons (Fsp3) is 0.500. The third-order valence-electron chi connectivity index (χ3n) is 3.86. The molecule has 3 N–H and O–H groups in total. The average molecular weight is 325 g/mol. The molecule has 0 aliphatic heterocycles. The maximum absolute atomic E-state index is 12.1. The van der Waals surface area contributed by atoms with Crippen LogP contribution in [0.2, 0.25) is 5.02 Å². The van der Waals surface area contributed by atoms with Gasteiger partial charge >= 0.3 is 0 Å². The van der Waals surface area contributed by atoms with E-state index in [0.717, 1.165) is 19.3 Å². The minimum absolute atomic E-state index is 0.237. The molecule has 2 rings (SSSR count). The van der Waals surface area contributed by atoms with Crippen LogP contribution in [0, 0.1) is 0 Å². The SMILES string of the molecule is CCCNC(=O)c1ccc(NC(=O)C2(O)CCCC2)cc1Cl. The molecule has 1 aliphatic carbocycles. The van der Waals surface area contributed by atoms with Crippen LogP contribution in [0.1, 0.15) is 49.4 Å². The lowest BCUT2D eigenvalue weighted by molar-refractivity contribution is -0.133. The smallest absolute Gasteiger partial charge is 0.256 e. The van der Waals surface area contributed by atoms with E-state index in [1.807, 2.05) is 6.92 Å². The molecular formula is C16H21ClN2O3. The van der Waals surface area contributed by atoms with Gasteiger partial charge in [0.2, 0.25) is 0 Å². The van der Waals surface area contributed by atoms with E-state index >= 15 is 0 Å². The Labute approximate surface area is 135 Å². The molecule has 1 fully saturated rings. The van der Waals surface area contributed by atoms with Crippen molar-refractivity contribution >= 4 is 29.1 Å². The molecule has 0 radical (unpaired) electrons. The van der Waals surface area contributed by atoms with Crippen LogP contribution in [0.3, 0.4) is 0 Å². The van der Waals surface area contributed by atoms with Gasteiger partial charge in [0.25, 0.3) is 11.8 Å². The summed E-state index contributed by atoms with van der Waals surface area (Å²) in [6.45, 7) is 2.55. The fourth-order valence-electron chi connectivity index (χ4n) is 2.55. The van der Waals surface area contributed by atoms with Crippen molar-refractivity contribution in [3.63, 3.8) is 0 Å². The largest absolute Gasteiger partial charge is 0.380 e. The van der Waals surface area contributed by atoms with Crippen molar-refractivity contribution in [2.24, 2.45) is 0 Å². The van der Waals surface area contributed by atoms with Crippen molar-refractivity contribution in [3.05, 3.63) is 28.8 Å². The van der Waals surface area contributed by atoms with Crippen LogP contribution in [0.15, 0.2) is 18.2 Å². The first-order valence-electron chi connectivity index (χ1n) is 7.58. The molecule has 0 bridgehead atoms. The van der Waals surface area contributed by atoms with Crippen molar-refractivity contribution in [1.29, 1.82) is 0 Å². The molecule has 0 aromatic heterocycles. The monoisotopic (exact) mass is 324 g/mol. The Kier molecular flexibility index (Phi) is 5.42. The van der Waals surface area contributed by atoms with Gasteiger partial charge in [-0.05, 0) is 50.3 Å². The maximum atomic E-state index is 12.1. The van der Waals surface area contributed by atoms with Crippen LogP contribution >= 0.6 is 11.6 Å². The van der Waals surface area contributed by atoms with E-state index in [4.69, 9.17) is 11.6 Å². The zero-order valence-corrected chi connectivity index (χ0v) is 13.4. The molecule has 0 atom stereocenters. The van der Waals surface area contributed by atoms with Gasteiger partial charge in [-0.3, -0.25) is 9.59 Å². The van der Waals surface area contributed by atoms with Crippen LogP contribution in [-0.4, -0.2) is 29.1 Å². The second-order valence-corrected chi connectivity index (χ2v) is 6.05. The second kappa shape index (κ2) is 7.11. The molecule has 6 heteroatoms. The van der Waals surface area contributed by atoms with Crippen molar-refractivity contribution in [1.82, 2.24) is 5.32 Å². The number of amides is 2. The van der Waals surface area contributed by atoms with Gasteiger partial charge in [-0.15, -0.1) is 0 Å². The summed E-state index contributed by atoms with van der Waals surface area (Å²) in [4.78, 5) is 24.0. The van der Waals surface area contributed by atoms with Gasteiger partial charge in [0.15, 0.2) is 0 Å². The number of carbonyl (C=O) groups excluding carboxylic acids is 2. The molecule has 1 aliphatic rings. The summed E-state index contributed by atoms with van der Waals surface area (Å²) in [5.74, 6) is -0.650. The molecule has 2 amide bonds. The zero-order valence-electron chi connectivity index (χ0n) is 12.6. The fourth-order valence-corrected chi connectivity index (χ4v) is 2.81. The highest BCUT2D eigenvalue weighted by Gasteiger charge is 2.38. The normalized spacial score (nSPS) is 16.3. The quantitative estimate of drug-likeness (QED) is 0.779. The van der Waals surface area contributed by atoms with E-state index in [1.165, 1.54) is 6.07 Å². The summed E-state index contributed by atoms with van der Waals surface area (Å²) in [7, 11) is 0. The third kappa shape index (κ3) is 3.78. The number of benzene rings is 1. The minimum atomic E-state index is -1.29. The van der Waals surface area contributed by atoms with Gasteiger partial charge in [-0.2, -0.15) is 0 Å². The maximum Gasteiger partial charge on any atom is 0.256 e. The minimum Gasteiger partial charge on any atom is -0.380 e. The topological polar surface area (TPSA) is 78.4 Å². The summed E-state index contributed by atoms with van der Waals surface area (Å²) in [6.07, 6.45) is 3.49. The third-order valence-corrected chi connectivity index (χ3v) is 4.17. The van der Waals surface area contributed by atoms with Gasteiger partial charge in [0.1, 0.15) is 5.60 Å². The van der Waals surface area contributed by atoms with Crippen molar-refractivity contribution in [3.8, 4) is 0 Å². The number of aliphatic hydroxyl groups is 1. The molecule has 1 aromatic carbocycles. The van der Waals surface area contributed by atoms with Crippen LogP contribution in [0.25, 0.3) is 0 Å². The van der Waals surface area contributed by atoms with Crippen LogP contribution in [0.5, 0.6) is 0 Å². The molecule has 5 nitrogen and oxygen atoms in total. The first kappa shape index (κ1) is 16.8. The van der Waals surface area contributed by atoms with Crippen LogP contribution < -0.4 is 10.6 Å². The predicted octanol–water partition coefficient (Wildman–Crippen LogP) is 2.72. The highest BCUT2D eigenvalue weighted by molar-refractivity contribution is 6.34. The van der Waals surface area contributed by atoms with Gasteiger partial charge in [0.05, 0.1) is 10.6 Å². The number of nitrogens with one attached hydrogen (secondary N) is 2. The summed E-state index contributed by atoms with van der Waals surface area (Å²) in [5, 5.41) is 15.9. The molecule has 0 saturated heterocycles. The van der Waals surface area contributed by atoms with E-state index in [0.29, 0.717) is 30.6 Å². The number of anilines is 1. The van der Waals surface area contributed by atoms with Crippen LogP contribution in [0.4, 0.5) is 5.69 Å². The van der Waals surface area contributed by atoms with Gasteiger partial charge in [-0.25, -0.2) is 0 Å². The Morgan fingerprint density at radius 1 is 1.32 bits per heavy atom. The van der Waals surface area contributed by atoms with Crippen LogP contribution in [-0.2, 0) is 4.79 Å². The van der Waals surface area contributed by atoms with Crippen molar-refractivity contribution < 1.29 is 14.7 Å². The molecule has 0 unspecified atom stereocenters. The Balaban J connectivity index is 2.06. The number of hydrogen-bond donors (Lipinski definition) is 3. The molecule has 0 spiro atoms. The summed E-state index contributed by atoms with van der Waals surface area (Å²) < 4.78 is 0. The number of carbonyl (C=O) groups is 2. The first-order valence-corrected chi connectivity index (χ1v) is 7.95. The van der Waals surface area contributed by atoms with Gasteiger partial charge in [-0.1, -0.05) is 18.5 Å². The molecule has 1 aromatic rings. The Bertz CT molecular complexity index is 569. The van der Waals surface area contributed by atoms with Gasteiger partial charge in [0, 0.05) is 12.2 Å². The first-order chi connectivity index (χ1) is 10.5. The lowest BCUT2D eigenvalue weighted by Crippen LogP contribution is -2.40. The summed E-state index contributed by atoms with van der Waals surface area (Å²) in [6, 6.07) is 4.71. The van der Waals surface area contributed by atoms with E-state index in [9.17, 15) is 14.7 Å².